The zero-order valence-electron chi connectivity index (χ0n) is 7.42. The van der Waals surface area contributed by atoms with Gasteiger partial charge in [-0.15, -0.1) is 0 Å². The van der Waals surface area contributed by atoms with Crippen molar-refractivity contribution in [3.8, 4) is 0 Å². The predicted octanol–water partition coefficient (Wildman–Crippen LogP) is 1.75. The molecule has 0 fully saturated rings. The summed E-state index contributed by atoms with van der Waals surface area (Å²) in [5.74, 6) is -6.13. The summed E-state index contributed by atoms with van der Waals surface area (Å²) < 4.78 is 26.1. The number of halogens is 2. The minimum atomic E-state index is -3.93. The number of aliphatic carboxylic acids is 1. The summed E-state index contributed by atoms with van der Waals surface area (Å²) >= 11 is 0. The van der Waals surface area contributed by atoms with Gasteiger partial charge >= 0.3 is 11.9 Å². The Hall–Kier alpha value is -1.65. The third-order valence-electron chi connectivity index (χ3n) is 1.93. The first-order chi connectivity index (χ1) is 6.37. The van der Waals surface area contributed by atoms with E-state index in [9.17, 15) is 13.6 Å². The molecule has 0 saturated heterocycles. The minimum absolute atomic E-state index is 0.181. The largest absolute Gasteiger partial charge is 0.477 e. The Kier molecular flexibility index (Phi) is 2.42. The monoisotopic (exact) mass is 201 g/mol. The van der Waals surface area contributed by atoms with Gasteiger partial charge in [0.15, 0.2) is 0 Å². The van der Waals surface area contributed by atoms with E-state index in [-0.39, 0.29) is 5.69 Å². The number of carboxylic acids is 1. The Balaban J connectivity index is 3.33. The van der Waals surface area contributed by atoms with Crippen molar-refractivity contribution in [3.63, 3.8) is 0 Å². The highest BCUT2D eigenvalue weighted by molar-refractivity contribution is 5.80. The molecule has 1 aromatic carbocycles. The highest BCUT2D eigenvalue weighted by Gasteiger charge is 2.42. The lowest BCUT2D eigenvalue weighted by Gasteiger charge is -2.14. The van der Waals surface area contributed by atoms with E-state index in [1.807, 2.05) is 0 Å². The van der Waals surface area contributed by atoms with Crippen LogP contribution < -0.4 is 5.73 Å². The van der Waals surface area contributed by atoms with Crippen molar-refractivity contribution in [2.24, 2.45) is 0 Å². The average molecular weight is 201 g/mol. The number of aryl methyl sites for hydroxylation is 1. The normalized spacial score (nSPS) is 11.4. The van der Waals surface area contributed by atoms with Gasteiger partial charge in [-0.2, -0.15) is 8.78 Å². The first-order valence-corrected chi connectivity index (χ1v) is 3.84. The van der Waals surface area contributed by atoms with E-state index < -0.39 is 17.5 Å². The molecule has 0 atom stereocenters. The number of para-hydroxylation sites is 1. The summed E-state index contributed by atoms with van der Waals surface area (Å²) in [6, 6.07) is 3.89. The molecular weight excluding hydrogens is 192 g/mol. The number of hydrogen-bond acceptors (Lipinski definition) is 2. The second-order valence-electron chi connectivity index (χ2n) is 2.92. The number of nitrogen functional groups attached to an aromatic ring is 1. The second kappa shape index (κ2) is 3.25. The van der Waals surface area contributed by atoms with Gasteiger partial charge < -0.3 is 10.8 Å². The first-order valence-electron chi connectivity index (χ1n) is 3.84. The molecule has 1 rings (SSSR count). The summed E-state index contributed by atoms with van der Waals surface area (Å²) in [4.78, 5) is 10.3. The van der Waals surface area contributed by atoms with Crippen LogP contribution in [-0.2, 0) is 10.7 Å². The molecule has 0 aliphatic heterocycles. The number of alkyl halides is 2. The summed E-state index contributed by atoms with van der Waals surface area (Å²) in [5, 5.41) is 8.30. The molecule has 14 heavy (non-hydrogen) atoms. The summed E-state index contributed by atoms with van der Waals surface area (Å²) in [6.45, 7) is 1.54. The molecule has 0 aromatic heterocycles. The Morgan fingerprint density at radius 3 is 2.57 bits per heavy atom. The quantitative estimate of drug-likeness (QED) is 0.716. The molecule has 0 aliphatic carbocycles. The van der Waals surface area contributed by atoms with Crippen molar-refractivity contribution >= 4 is 11.7 Å². The van der Waals surface area contributed by atoms with Gasteiger partial charge in [-0.25, -0.2) is 4.79 Å². The van der Waals surface area contributed by atoms with E-state index in [1.54, 1.807) is 0 Å². The SMILES string of the molecule is Cc1cccc(C(F)(F)C(=O)O)c1N. The van der Waals surface area contributed by atoms with Crippen molar-refractivity contribution in [2.45, 2.75) is 12.8 Å². The molecule has 0 aliphatic rings. The van der Waals surface area contributed by atoms with Crippen LogP contribution in [0.25, 0.3) is 0 Å². The van der Waals surface area contributed by atoms with Crippen LogP contribution in [0, 0.1) is 6.92 Å². The van der Waals surface area contributed by atoms with Crippen molar-refractivity contribution in [1.29, 1.82) is 0 Å². The number of hydrogen-bond donors (Lipinski definition) is 2. The third-order valence-corrected chi connectivity index (χ3v) is 1.93. The van der Waals surface area contributed by atoms with Crippen molar-refractivity contribution < 1.29 is 18.7 Å². The number of rotatable bonds is 2. The van der Waals surface area contributed by atoms with E-state index in [0.29, 0.717) is 5.56 Å². The molecule has 0 unspecified atom stereocenters. The van der Waals surface area contributed by atoms with E-state index in [1.165, 1.54) is 19.1 Å². The zero-order valence-corrected chi connectivity index (χ0v) is 7.42. The predicted molar refractivity (Wildman–Crippen MR) is 47.1 cm³/mol. The maximum Gasteiger partial charge on any atom is 0.379 e. The number of benzene rings is 1. The molecule has 0 bridgehead atoms. The van der Waals surface area contributed by atoms with Crippen LogP contribution in [0.4, 0.5) is 14.5 Å². The maximum atomic E-state index is 13.0. The van der Waals surface area contributed by atoms with Gasteiger partial charge in [0.1, 0.15) is 0 Å². The Bertz CT molecular complexity index is 377. The molecule has 0 amide bonds. The van der Waals surface area contributed by atoms with Gasteiger partial charge in [-0.1, -0.05) is 18.2 Å². The highest BCUT2D eigenvalue weighted by atomic mass is 19.3. The average Bonchev–Trinajstić information content (AvgIpc) is 2.09. The Morgan fingerprint density at radius 2 is 2.07 bits per heavy atom. The smallest absolute Gasteiger partial charge is 0.379 e. The minimum Gasteiger partial charge on any atom is -0.477 e. The fraction of sp³-hybridized carbons (Fsp3) is 0.222. The second-order valence-corrected chi connectivity index (χ2v) is 2.92. The van der Waals surface area contributed by atoms with E-state index in [2.05, 4.69) is 0 Å². The number of carbonyl (C=O) groups is 1. The molecule has 3 N–H and O–H groups in total. The fourth-order valence-corrected chi connectivity index (χ4v) is 1.07. The van der Waals surface area contributed by atoms with Crippen LogP contribution in [0.5, 0.6) is 0 Å². The van der Waals surface area contributed by atoms with Crippen LogP contribution in [0.1, 0.15) is 11.1 Å². The number of carboxylic acid groups (broad SMARTS) is 1. The number of anilines is 1. The molecular formula is C9H9F2NO2. The van der Waals surface area contributed by atoms with E-state index in [4.69, 9.17) is 10.8 Å². The lowest BCUT2D eigenvalue weighted by atomic mass is 10.0. The summed E-state index contributed by atoms with van der Waals surface area (Å²) in [5.41, 5.74) is 4.95. The maximum absolute atomic E-state index is 13.0. The standard InChI is InChI=1S/C9H9F2NO2/c1-5-3-2-4-6(7(5)12)9(10,11)8(13)14/h2-4H,12H2,1H3,(H,13,14). The van der Waals surface area contributed by atoms with Gasteiger partial charge in [0.2, 0.25) is 0 Å². The molecule has 0 spiro atoms. The van der Waals surface area contributed by atoms with Crippen LogP contribution in [0.3, 0.4) is 0 Å². The van der Waals surface area contributed by atoms with Gasteiger partial charge in [0.05, 0.1) is 5.56 Å². The van der Waals surface area contributed by atoms with Crippen LogP contribution >= 0.6 is 0 Å². The van der Waals surface area contributed by atoms with Crippen LogP contribution in [0.15, 0.2) is 18.2 Å². The topological polar surface area (TPSA) is 63.3 Å². The zero-order chi connectivity index (χ0) is 10.9. The van der Waals surface area contributed by atoms with Gasteiger partial charge in [0.25, 0.3) is 0 Å². The molecule has 76 valence electrons. The van der Waals surface area contributed by atoms with Gasteiger partial charge in [-0.05, 0) is 12.5 Å². The lowest BCUT2D eigenvalue weighted by Crippen LogP contribution is -2.26. The molecule has 0 saturated carbocycles. The fourth-order valence-electron chi connectivity index (χ4n) is 1.07. The Morgan fingerprint density at radius 1 is 1.50 bits per heavy atom. The number of nitrogens with two attached hydrogens (primary N) is 1. The third kappa shape index (κ3) is 1.53. The molecule has 1 aromatic rings. The van der Waals surface area contributed by atoms with Gasteiger partial charge in [0, 0.05) is 5.69 Å². The van der Waals surface area contributed by atoms with Crippen molar-refractivity contribution in [1.82, 2.24) is 0 Å². The van der Waals surface area contributed by atoms with Crippen LogP contribution in [0.2, 0.25) is 0 Å². The van der Waals surface area contributed by atoms with Crippen molar-refractivity contribution in [3.05, 3.63) is 29.3 Å². The molecule has 3 nitrogen and oxygen atoms in total. The molecule has 0 heterocycles. The highest BCUT2D eigenvalue weighted by Crippen LogP contribution is 2.33. The molecule has 5 heteroatoms. The van der Waals surface area contributed by atoms with E-state index in [0.717, 1.165) is 6.07 Å². The van der Waals surface area contributed by atoms with Crippen molar-refractivity contribution in [2.75, 3.05) is 5.73 Å². The van der Waals surface area contributed by atoms with Crippen LogP contribution in [-0.4, -0.2) is 11.1 Å². The van der Waals surface area contributed by atoms with Gasteiger partial charge in [-0.3, -0.25) is 0 Å². The lowest BCUT2D eigenvalue weighted by molar-refractivity contribution is -0.166. The van der Waals surface area contributed by atoms with E-state index >= 15 is 0 Å². The summed E-state index contributed by atoms with van der Waals surface area (Å²) in [7, 11) is 0. The molecule has 0 radical (unpaired) electrons. The summed E-state index contributed by atoms with van der Waals surface area (Å²) in [6.07, 6.45) is 0. The Labute approximate surface area is 79.2 Å². The first kappa shape index (κ1) is 10.4.